The predicted molar refractivity (Wildman–Crippen MR) is 58.6 cm³/mol. The number of rotatable bonds is 4. The van der Waals surface area contributed by atoms with Crippen LogP contribution in [0, 0.1) is 0 Å². The Morgan fingerprint density at radius 2 is 2.19 bits per heavy atom. The predicted octanol–water partition coefficient (Wildman–Crippen LogP) is 2.59. The fraction of sp³-hybridized carbons (Fsp3) is 0.364. The van der Waals surface area contributed by atoms with E-state index in [2.05, 4.69) is 0 Å². The van der Waals surface area contributed by atoms with E-state index >= 15 is 0 Å². The molecular weight excluding hydrogens is 232 g/mol. The second-order valence-corrected chi connectivity index (χ2v) is 4.02. The third kappa shape index (κ3) is 2.22. The van der Waals surface area contributed by atoms with Crippen molar-refractivity contribution in [2.24, 2.45) is 0 Å². The highest BCUT2D eigenvalue weighted by Gasteiger charge is 2.26. The molecule has 1 fully saturated rings. The summed E-state index contributed by atoms with van der Waals surface area (Å²) in [5.41, 5.74) is 0.0880. The number of carboxylic acid groups (broad SMARTS) is 1. The molecule has 0 spiro atoms. The van der Waals surface area contributed by atoms with Crippen molar-refractivity contribution < 1.29 is 19.4 Å². The first-order chi connectivity index (χ1) is 7.61. The Hall–Kier alpha value is -1.42. The summed E-state index contributed by atoms with van der Waals surface area (Å²) in [5.74, 6) is -0.258. The van der Waals surface area contributed by atoms with Crippen LogP contribution in [0.3, 0.4) is 0 Å². The van der Waals surface area contributed by atoms with Gasteiger partial charge in [0.05, 0.1) is 23.8 Å². The standard InChI is InChI=1S/C11H11ClO4/c1-15-9-5-6(11(13)14)4-8(12)10(9)16-7-2-3-7/h4-5,7H,2-3H2,1H3,(H,13,14). The average molecular weight is 243 g/mol. The summed E-state index contributed by atoms with van der Waals surface area (Å²) in [5, 5.41) is 9.13. The number of ether oxygens (including phenoxy) is 2. The monoisotopic (exact) mass is 242 g/mol. The minimum absolute atomic E-state index is 0.0880. The molecule has 0 aliphatic heterocycles. The summed E-state index contributed by atoms with van der Waals surface area (Å²) >= 11 is 5.96. The van der Waals surface area contributed by atoms with Crippen molar-refractivity contribution in [1.29, 1.82) is 0 Å². The van der Waals surface area contributed by atoms with E-state index in [1.165, 1.54) is 19.2 Å². The fourth-order valence-electron chi connectivity index (χ4n) is 1.31. The van der Waals surface area contributed by atoms with Crippen LogP contribution in [-0.4, -0.2) is 24.3 Å². The van der Waals surface area contributed by atoms with Crippen molar-refractivity contribution in [2.45, 2.75) is 18.9 Å². The van der Waals surface area contributed by atoms with Crippen LogP contribution in [0.2, 0.25) is 5.02 Å². The van der Waals surface area contributed by atoms with E-state index in [9.17, 15) is 4.79 Å². The van der Waals surface area contributed by atoms with Crippen LogP contribution in [-0.2, 0) is 0 Å². The van der Waals surface area contributed by atoms with Crippen molar-refractivity contribution in [3.05, 3.63) is 22.7 Å². The van der Waals surface area contributed by atoms with Crippen LogP contribution in [0.1, 0.15) is 23.2 Å². The Kier molecular flexibility index (Phi) is 2.92. The molecule has 0 radical (unpaired) electrons. The van der Waals surface area contributed by atoms with E-state index in [1.54, 1.807) is 0 Å². The maximum absolute atomic E-state index is 10.8. The molecule has 1 saturated carbocycles. The number of methoxy groups -OCH3 is 1. The molecule has 0 aromatic heterocycles. The lowest BCUT2D eigenvalue weighted by molar-refractivity contribution is 0.0696. The maximum Gasteiger partial charge on any atom is 0.335 e. The van der Waals surface area contributed by atoms with Gasteiger partial charge in [-0.05, 0) is 25.0 Å². The Balaban J connectivity index is 2.38. The largest absolute Gasteiger partial charge is 0.493 e. The molecule has 16 heavy (non-hydrogen) atoms. The third-order valence-electron chi connectivity index (χ3n) is 2.29. The minimum Gasteiger partial charge on any atom is -0.493 e. The first-order valence-corrected chi connectivity index (χ1v) is 5.27. The molecule has 2 rings (SSSR count). The number of aromatic carboxylic acids is 1. The number of hydrogen-bond acceptors (Lipinski definition) is 3. The lowest BCUT2D eigenvalue weighted by Gasteiger charge is -2.12. The maximum atomic E-state index is 10.8. The Bertz CT molecular complexity index is 426. The molecule has 0 unspecified atom stereocenters. The van der Waals surface area contributed by atoms with Crippen LogP contribution < -0.4 is 9.47 Å². The van der Waals surface area contributed by atoms with Crippen LogP contribution in [0.15, 0.2) is 12.1 Å². The van der Waals surface area contributed by atoms with Gasteiger partial charge in [-0.15, -0.1) is 0 Å². The Labute approximate surface area is 97.7 Å². The Morgan fingerprint density at radius 1 is 1.50 bits per heavy atom. The van der Waals surface area contributed by atoms with E-state index in [0.717, 1.165) is 12.8 Å². The normalized spacial score (nSPS) is 14.6. The number of benzene rings is 1. The van der Waals surface area contributed by atoms with Gasteiger partial charge >= 0.3 is 5.97 Å². The second-order valence-electron chi connectivity index (χ2n) is 3.61. The van der Waals surface area contributed by atoms with Gasteiger partial charge in [-0.25, -0.2) is 4.79 Å². The highest BCUT2D eigenvalue weighted by Crippen LogP contribution is 2.40. The minimum atomic E-state index is -1.04. The second kappa shape index (κ2) is 4.22. The molecule has 1 aliphatic carbocycles. The van der Waals surface area contributed by atoms with Crippen molar-refractivity contribution in [3.63, 3.8) is 0 Å². The number of halogens is 1. The van der Waals surface area contributed by atoms with Crippen molar-refractivity contribution >= 4 is 17.6 Å². The van der Waals surface area contributed by atoms with E-state index in [-0.39, 0.29) is 16.7 Å². The molecule has 0 saturated heterocycles. The van der Waals surface area contributed by atoms with Gasteiger partial charge in [-0.3, -0.25) is 0 Å². The topological polar surface area (TPSA) is 55.8 Å². The quantitative estimate of drug-likeness (QED) is 0.882. The first kappa shape index (κ1) is 11.1. The summed E-state index contributed by atoms with van der Waals surface area (Å²) in [6.07, 6.45) is 2.18. The zero-order valence-electron chi connectivity index (χ0n) is 8.70. The third-order valence-corrected chi connectivity index (χ3v) is 2.57. The zero-order chi connectivity index (χ0) is 11.7. The molecule has 1 aromatic carbocycles. The van der Waals surface area contributed by atoms with Gasteiger partial charge < -0.3 is 14.6 Å². The van der Waals surface area contributed by atoms with Crippen molar-refractivity contribution in [3.8, 4) is 11.5 Å². The molecular formula is C11H11ClO4. The summed E-state index contributed by atoms with van der Waals surface area (Å²) in [4.78, 5) is 10.8. The fourth-order valence-corrected chi connectivity index (χ4v) is 1.57. The molecule has 1 N–H and O–H groups in total. The average Bonchev–Trinajstić information content (AvgIpc) is 3.04. The van der Waals surface area contributed by atoms with E-state index in [1.807, 2.05) is 0 Å². The van der Waals surface area contributed by atoms with Gasteiger partial charge in [0.15, 0.2) is 11.5 Å². The van der Waals surface area contributed by atoms with Gasteiger partial charge in [0.2, 0.25) is 0 Å². The molecule has 1 aliphatic rings. The number of carboxylic acids is 1. The molecule has 0 bridgehead atoms. The van der Waals surface area contributed by atoms with Crippen LogP contribution in [0.25, 0.3) is 0 Å². The van der Waals surface area contributed by atoms with E-state index in [0.29, 0.717) is 11.5 Å². The number of carbonyl (C=O) groups is 1. The zero-order valence-corrected chi connectivity index (χ0v) is 9.45. The number of hydrogen-bond donors (Lipinski definition) is 1. The smallest absolute Gasteiger partial charge is 0.335 e. The van der Waals surface area contributed by atoms with Crippen molar-refractivity contribution in [1.82, 2.24) is 0 Å². The first-order valence-electron chi connectivity index (χ1n) is 4.89. The highest BCUT2D eigenvalue weighted by molar-refractivity contribution is 6.32. The SMILES string of the molecule is COc1cc(C(=O)O)cc(Cl)c1OC1CC1. The van der Waals surface area contributed by atoms with Crippen molar-refractivity contribution in [2.75, 3.05) is 7.11 Å². The molecule has 0 atom stereocenters. The lowest BCUT2D eigenvalue weighted by atomic mass is 10.2. The summed E-state index contributed by atoms with van der Waals surface area (Å²) in [6, 6.07) is 2.77. The highest BCUT2D eigenvalue weighted by atomic mass is 35.5. The molecule has 4 nitrogen and oxygen atoms in total. The molecule has 5 heteroatoms. The molecule has 0 heterocycles. The molecule has 0 amide bonds. The van der Waals surface area contributed by atoms with Gasteiger partial charge in [0.25, 0.3) is 0 Å². The summed E-state index contributed by atoms with van der Waals surface area (Å²) < 4.78 is 10.6. The van der Waals surface area contributed by atoms with Gasteiger partial charge in [-0.1, -0.05) is 11.6 Å². The van der Waals surface area contributed by atoms with Gasteiger partial charge in [0, 0.05) is 0 Å². The van der Waals surface area contributed by atoms with Crippen LogP contribution in [0.4, 0.5) is 0 Å². The van der Waals surface area contributed by atoms with E-state index in [4.69, 9.17) is 26.2 Å². The Morgan fingerprint density at radius 3 is 2.69 bits per heavy atom. The van der Waals surface area contributed by atoms with Crippen LogP contribution in [0.5, 0.6) is 11.5 Å². The summed E-state index contributed by atoms with van der Waals surface area (Å²) in [7, 11) is 1.46. The van der Waals surface area contributed by atoms with E-state index < -0.39 is 5.97 Å². The molecule has 1 aromatic rings. The van der Waals surface area contributed by atoms with Crippen LogP contribution >= 0.6 is 11.6 Å². The van der Waals surface area contributed by atoms with Gasteiger partial charge in [0.1, 0.15) is 0 Å². The summed E-state index contributed by atoms with van der Waals surface area (Å²) in [6.45, 7) is 0. The molecule has 86 valence electrons. The van der Waals surface area contributed by atoms with Gasteiger partial charge in [-0.2, -0.15) is 0 Å². The lowest BCUT2D eigenvalue weighted by Crippen LogP contribution is -2.02.